The lowest BCUT2D eigenvalue weighted by Crippen LogP contribution is -2.17. The van der Waals surface area contributed by atoms with Gasteiger partial charge >= 0.3 is 0 Å². The first-order valence-corrected chi connectivity index (χ1v) is 8.40. The number of fused-ring (bicyclic) bond motifs is 1. The van der Waals surface area contributed by atoms with E-state index in [0.717, 1.165) is 34.2 Å². The zero-order valence-corrected chi connectivity index (χ0v) is 13.8. The van der Waals surface area contributed by atoms with Crippen LogP contribution in [0.5, 0.6) is 5.75 Å². The molecule has 1 aliphatic heterocycles. The average Bonchev–Trinajstić information content (AvgIpc) is 3.16. The number of carbonyl (C=O) groups is 2. The number of rotatable bonds is 4. The van der Waals surface area contributed by atoms with Gasteiger partial charge in [-0.3, -0.25) is 14.9 Å². The van der Waals surface area contributed by atoms with E-state index in [1.807, 2.05) is 48.5 Å². The minimum Gasteiger partial charge on any atom is -0.486 e. The van der Waals surface area contributed by atoms with Crippen molar-refractivity contribution in [2.24, 2.45) is 0 Å². The molecular formula is C18H13N3O3S. The number of aromatic nitrogens is 2. The van der Waals surface area contributed by atoms with Crippen molar-refractivity contribution in [1.29, 1.82) is 0 Å². The number of amides is 2. The standard InChI is InChI=1S/C18H13N3O3S/c22-17-15(25-18(23)21-17)9-11-5-7-12(8-6-11)24-10-16-19-13-3-1-2-4-14(13)20-16/h1-9H,10H2,(H,19,20)(H,21,22,23). The van der Waals surface area contributed by atoms with Gasteiger partial charge in [-0.25, -0.2) is 4.98 Å². The van der Waals surface area contributed by atoms with E-state index in [-0.39, 0.29) is 11.1 Å². The van der Waals surface area contributed by atoms with Crippen LogP contribution in [0.3, 0.4) is 0 Å². The highest BCUT2D eigenvalue weighted by molar-refractivity contribution is 8.18. The SMILES string of the molecule is O=C1NC(=O)C(=Cc2ccc(OCc3nc4ccccc4[nH]3)cc2)S1. The number of thioether (sulfide) groups is 1. The van der Waals surface area contributed by atoms with E-state index in [1.54, 1.807) is 6.08 Å². The number of hydrogen-bond donors (Lipinski definition) is 2. The van der Waals surface area contributed by atoms with Crippen LogP contribution in [0.25, 0.3) is 17.1 Å². The quantitative estimate of drug-likeness (QED) is 0.703. The minimum absolute atomic E-state index is 0.335. The Kier molecular flexibility index (Phi) is 3.99. The summed E-state index contributed by atoms with van der Waals surface area (Å²) in [7, 11) is 0. The monoisotopic (exact) mass is 351 g/mol. The lowest BCUT2D eigenvalue weighted by molar-refractivity contribution is -0.115. The average molecular weight is 351 g/mol. The molecule has 7 heteroatoms. The third-order valence-electron chi connectivity index (χ3n) is 3.63. The summed E-state index contributed by atoms with van der Waals surface area (Å²) in [6.45, 7) is 0.335. The van der Waals surface area contributed by atoms with Gasteiger partial charge in [-0.1, -0.05) is 24.3 Å². The van der Waals surface area contributed by atoms with E-state index in [2.05, 4.69) is 15.3 Å². The summed E-state index contributed by atoms with van der Waals surface area (Å²) in [6.07, 6.45) is 1.67. The Hall–Kier alpha value is -3.06. The first-order chi connectivity index (χ1) is 12.2. The second-order valence-corrected chi connectivity index (χ2v) is 6.43. The van der Waals surface area contributed by atoms with Crippen molar-refractivity contribution >= 4 is 40.0 Å². The maximum absolute atomic E-state index is 11.5. The second-order valence-electron chi connectivity index (χ2n) is 5.41. The van der Waals surface area contributed by atoms with Crippen LogP contribution >= 0.6 is 11.8 Å². The summed E-state index contributed by atoms with van der Waals surface area (Å²) in [6, 6.07) is 15.1. The van der Waals surface area contributed by atoms with E-state index in [0.29, 0.717) is 17.3 Å². The Labute approximate surface area is 147 Å². The van der Waals surface area contributed by atoms with Crippen molar-refractivity contribution in [3.05, 3.63) is 64.8 Å². The fourth-order valence-corrected chi connectivity index (χ4v) is 3.14. The van der Waals surface area contributed by atoms with Gasteiger partial charge in [0.15, 0.2) is 0 Å². The van der Waals surface area contributed by atoms with Crippen LogP contribution in [0, 0.1) is 0 Å². The molecule has 0 atom stereocenters. The topological polar surface area (TPSA) is 84.1 Å². The first-order valence-electron chi connectivity index (χ1n) is 7.59. The van der Waals surface area contributed by atoms with E-state index in [1.165, 1.54) is 0 Å². The summed E-state index contributed by atoms with van der Waals surface area (Å²) in [4.78, 5) is 30.7. The number of imidazole rings is 1. The molecule has 1 fully saturated rings. The molecule has 1 aromatic heterocycles. The number of ether oxygens (including phenoxy) is 1. The van der Waals surface area contributed by atoms with Crippen molar-refractivity contribution in [2.75, 3.05) is 0 Å². The second kappa shape index (κ2) is 6.45. The van der Waals surface area contributed by atoms with Gasteiger partial charge in [0.2, 0.25) is 0 Å². The van der Waals surface area contributed by atoms with E-state index in [9.17, 15) is 9.59 Å². The number of H-pyrrole nitrogens is 1. The van der Waals surface area contributed by atoms with Crippen molar-refractivity contribution < 1.29 is 14.3 Å². The minimum atomic E-state index is -0.361. The van der Waals surface area contributed by atoms with E-state index < -0.39 is 0 Å². The molecule has 0 unspecified atom stereocenters. The zero-order chi connectivity index (χ0) is 17.2. The highest BCUT2D eigenvalue weighted by Crippen LogP contribution is 2.26. The van der Waals surface area contributed by atoms with Gasteiger partial charge in [-0.05, 0) is 47.7 Å². The van der Waals surface area contributed by atoms with Crippen molar-refractivity contribution in [3.8, 4) is 5.75 Å². The molecule has 2 N–H and O–H groups in total. The van der Waals surface area contributed by atoms with Crippen LogP contribution in [-0.4, -0.2) is 21.1 Å². The number of para-hydroxylation sites is 2. The van der Waals surface area contributed by atoms with Crippen LogP contribution in [0.1, 0.15) is 11.4 Å². The Balaban J connectivity index is 1.43. The summed E-state index contributed by atoms with van der Waals surface area (Å²) < 4.78 is 5.73. The smallest absolute Gasteiger partial charge is 0.290 e. The largest absolute Gasteiger partial charge is 0.486 e. The molecule has 0 saturated carbocycles. The molecule has 1 saturated heterocycles. The molecule has 2 aromatic carbocycles. The molecule has 4 rings (SSSR count). The van der Waals surface area contributed by atoms with Crippen LogP contribution < -0.4 is 10.1 Å². The van der Waals surface area contributed by atoms with Gasteiger partial charge in [0, 0.05) is 0 Å². The van der Waals surface area contributed by atoms with Gasteiger partial charge < -0.3 is 9.72 Å². The van der Waals surface area contributed by atoms with Gasteiger partial charge in [-0.2, -0.15) is 0 Å². The Morgan fingerprint density at radius 1 is 1.08 bits per heavy atom. The van der Waals surface area contributed by atoms with Gasteiger partial charge in [0.05, 0.1) is 15.9 Å². The van der Waals surface area contributed by atoms with E-state index in [4.69, 9.17) is 4.74 Å². The molecule has 0 aliphatic carbocycles. The number of nitrogens with zero attached hydrogens (tertiary/aromatic N) is 1. The molecular weight excluding hydrogens is 338 g/mol. The molecule has 0 radical (unpaired) electrons. The summed E-state index contributed by atoms with van der Waals surface area (Å²) in [5, 5.41) is 1.88. The molecule has 6 nitrogen and oxygen atoms in total. The molecule has 2 heterocycles. The zero-order valence-electron chi connectivity index (χ0n) is 13.0. The number of benzene rings is 2. The van der Waals surface area contributed by atoms with Crippen molar-refractivity contribution in [1.82, 2.24) is 15.3 Å². The lowest BCUT2D eigenvalue weighted by Gasteiger charge is -2.04. The molecule has 0 bridgehead atoms. The van der Waals surface area contributed by atoms with Crippen molar-refractivity contribution in [2.45, 2.75) is 6.61 Å². The maximum atomic E-state index is 11.5. The molecule has 2 amide bonds. The molecule has 0 spiro atoms. The number of aromatic amines is 1. The highest BCUT2D eigenvalue weighted by atomic mass is 32.2. The van der Waals surface area contributed by atoms with Crippen LogP contribution in [-0.2, 0) is 11.4 Å². The van der Waals surface area contributed by atoms with Crippen LogP contribution in [0.15, 0.2) is 53.4 Å². The summed E-state index contributed by atoms with van der Waals surface area (Å²) in [5.41, 5.74) is 2.71. The third kappa shape index (κ3) is 3.41. The predicted octanol–water partition coefficient (Wildman–Crippen LogP) is 3.47. The fourth-order valence-electron chi connectivity index (χ4n) is 2.46. The Morgan fingerprint density at radius 2 is 1.88 bits per heavy atom. The van der Waals surface area contributed by atoms with Gasteiger partial charge in [-0.15, -0.1) is 0 Å². The Bertz CT molecular complexity index is 959. The maximum Gasteiger partial charge on any atom is 0.290 e. The summed E-state index contributed by atoms with van der Waals surface area (Å²) >= 11 is 0.900. The van der Waals surface area contributed by atoms with Crippen LogP contribution in [0.4, 0.5) is 4.79 Å². The summed E-state index contributed by atoms with van der Waals surface area (Å²) in [5.74, 6) is 1.09. The Morgan fingerprint density at radius 3 is 2.60 bits per heavy atom. The number of hydrogen-bond acceptors (Lipinski definition) is 5. The fraction of sp³-hybridized carbons (Fsp3) is 0.0556. The molecule has 25 heavy (non-hydrogen) atoms. The van der Waals surface area contributed by atoms with Crippen molar-refractivity contribution in [3.63, 3.8) is 0 Å². The lowest BCUT2D eigenvalue weighted by atomic mass is 10.2. The van der Waals surface area contributed by atoms with E-state index >= 15 is 0 Å². The highest BCUT2D eigenvalue weighted by Gasteiger charge is 2.24. The molecule has 124 valence electrons. The number of imide groups is 1. The predicted molar refractivity (Wildman–Crippen MR) is 96.0 cm³/mol. The first kappa shape index (κ1) is 15.5. The number of carbonyl (C=O) groups excluding carboxylic acids is 2. The molecule has 3 aromatic rings. The number of nitrogens with one attached hydrogen (secondary N) is 2. The van der Waals surface area contributed by atoms with Gasteiger partial charge in [0.1, 0.15) is 18.2 Å². The molecule has 1 aliphatic rings. The third-order valence-corrected chi connectivity index (χ3v) is 4.44. The van der Waals surface area contributed by atoms with Gasteiger partial charge in [0.25, 0.3) is 11.1 Å². The van der Waals surface area contributed by atoms with Crippen LogP contribution in [0.2, 0.25) is 0 Å². The normalized spacial score (nSPS) is 15.8.